The molecule has 0 spiro atoms. The molecule has 1 fully saturated rings. The largest absolute Gasteiger partial charge is 0.388 e. The second kappa shape index (κ2) is 5.17. The van der Waals surface area contributed by atoms with E-state index < -0.39 is 0 Å². The standard InChI is InChI=1S/C13H19N3O/c1-10-5-3-4-8-16(10)13(17)12-9-11(14-2)6-7-15-12/h6-7,9-10H,3-5,8H2,1-2H3,(H,14,15). The molecule has 0 aliphatic carbocycles. The molecule has 1 aliphatic rings. The van der Waals surface area contributed by atoms with Gasteiger partial charge in [-0.05, 0) is 38.3 Å². The van der Waals surface area contributed by atoms with Crippen LogP contribution in [-0.4, -0.2) is 35.4 Å². The topological polar surface area (TPSA) is 45.2 Å². The number of hydrogen-bond donors (Lipinski definition) is 1. The first-order chi connectivity index (χ1) is 8.22. The average Bonchev–Trinajstić information content (AvgIpc) is 2.38. The van der Waals surface area contributed by atoms with E-state index in [1.54, 1.807) is 6.20 Å². The summed E-state index contributed by atoms with van der Waals surface area (Å²) in [7, 11) is 1.84. The zero-order valence-electron chi connectivity index (χ0n) is 10.4. The van der Waals surface area contributed by atoms with E-state index in [1.165, 1.54) is 6.42 Å². The molecule has 1 unspecified atom stereocenters. The number of hydrogen-bond acceptors (Lipinski definition) is 3. The summed E-state index contributed by atoms with van der Waals surface area (Å²) in [6, 6.07) is 4.00. The van der Waals surface area contributed by atoms with E-state index in [-0.39, 0.29) is 5.91 Å². The zero-order valence-corrected chi connectivity index (χ0v) is 10.4. The summed E-state index contributed by atoms with van der Waals surface area (Å²) < 4.78 is 0. The maximum atomic E-state index is 12.3. The van der Waals surface area contributed by atoms with Gasteiger partial charge >= 0.3 is 0 Å². The summed E-state index contributed by atoms with van der Waals surface area (Å²) in [5, 5.41) is 3.03. The fraction of sp³-hybridized carbons (Fsp3) is 0.538. The van der Waals surface area contributed by atoms with Crippen LogP contribution in [0, 0.1) is 0 Å². The molecular formula is C13H19N3O. The highest BCUT2D eigenvalue weighted by atomic mass is 16.2. The Morgan fingerprint density at radius 2 is 2.35 bits per heavy atom. The minimum Gasteiger partial charge on any atom is -0.388 e. The highest BCUT2D eigenvalue weighted by molar-refractivity contribution is 5.93. The lowest BCUT2D eigenvalue weighted by Crippen LogP contribution is -2.42. The van der Waals surface area contributed by atoms with Crippen LogP contribution in [0.5, 0.6) is 0 Å². The lowest BCUT2D eigenvalue weighted by molar-refractivity contribution is 0.0629. The predicted molar refractivity (Wildman–Crippen MR) is 68.1 cm³/mol. The minimum atomic E-state index is 0.0503. The second-order valence-electron chi connectivity index (χ2n) is 4.52. The molecule has 0 aromatic carbocycles. The molecular weight excluding hydrogens is 214 g/mol. The van der Waals surface area contributed by atoms with E-state index in [0.717, 1.165) is 25.1 Å². The Morgan fingerprint density at radius 3 is 3.06 bits per heavy atom. The number of piperidine rings is 1. The number of likely N-dealkylation sites (tertiary alicyclic amines) is 1. The number of aromatic nitrogens is 1. The molecule has 1 aromatic heterocycles. The third kappa shape index (κ3) is 2.57. The molecule has 1 aromatic rings. The second-order valence-corrected chi connectivity index (χ2v) is 4.52. The van der Waals surface area contributed by atoms with Crippen molar-refractivity contribution < 1.29 is 4.79 Å². The first-order valence-corrected chi connectivity index (χ1v) is 6.17. The number of carbonyl (C=O) groups is 1. The van der Waals surface area contributed by atoms with Gasteiger partial charge in [-0.3, -0.25) is 9.78 Å². The van der Waals surface area contributed by atoms with Gasteiger partial charge in [0, 0.05) is 31.5 Å². The molecule has 0 saturated carbocycles. The van der Waals surface area contributed by atoms with Crippen LogP contribution >= 0.6 is 0 Å². The van der Waals surface area contributed by atoms with Gasteiger partial charge in [-0.15, -0.1) is 0 Å². The molecule has 1 saturated heterocycles. The van der Waals surface area contributed by atoms with Crippen molar-refractivity contribution >= 4 is 11.6 Å². The molecule has 4 heteroatoms. The van der Waals surface area contributed by atoms with Crippen LogP contribution in [0.1, 0.15) is 36.7 Å². The van der Waals surface area contributed by atoms with Crippen molar-refractivity contribution in [2.75, 3.05) is 18.9 Å². The third-order valence-electron chi connectivity index (χ3n) is 3.33. The van der Waals surface area contributed by atoms with E-state index in [9.17, 15) is 4.79 Å². The zero-order chi connectivity index (χ0) is 12.3. The van der Waals surface area contributed by atoms with E-state index in [0.29, 0.717) is 11.7 Å². The first kappa shape index (κ1) is 11.9. The SMILES string of the molecule is CNc1ccnc(C(=O)N2CCCCC2C)c1. The lowest BCUT2D eigenvalue weighted by atomic mass is 10.0. The Balaban J connectivity index is 2.17. The van der Waals surface area contributed by atoms with E-state index in [4.69, 9.17) is 0 Å². The number of nitrogens with one attached hydrogen (secondary N) is 1. The van der Waals surface area contributed by atoms with E-state index >= 15 is 0 Å². The monoisotopic (exact) mass is 233 g/mol. The summed E-state index contributed by atoms with van der Waals surface area (Å²) in [6.07, 6.45) is 5.09. The number of rotatable bonds is 2. The smallest absolute Gasteiger partial charge is 0.272 e. The normalized spacial score (nSPS) is 20.1. The number of pyridine rings is 1. The van der Waals surface area contributed by atoms with Gasteiger partial charge in [0.1, 0.15) is 5.69 Å². The number of nitrogens with zero attached hydrogens (tertiary/aromatic N) is 2. The van der Waals surface area contributed by atoms with Crippen LogP contribution in [0.2, 0.25) is 0 Å². The molecule has 92 valence electrons. The van der Waals surface area contributed by atoms with Crippen molar-refractivity contribution in [3.63, 3.8) is 0 Å². The minimum absolute atomic E-state index is 0.0503. The van der Waals surface area contributed by atoms with Crippen molar-refractivity contribution in [1.82, 2.24) is 9.88 Å². The van der Waals surface area contributed by atoms with Crippen LogP contribution < -0.4 is 5.32 Å². The fourth-order valence-electron chi connectivity index (χ4n) is 2.25. The Morgan fingerprint density at radius 1 is 1.53 bits per heavy atom. The van der Waals surface area contributed by atoms with Gasteiger partial charge in [-0.2, -0.15) is 0 Å². The number of anilines is 1. The van der Waals surface area contributed by atoms with Gasteiger partial charge in [-0.1, -0.05) is 0 Å². The lowest BCUT2D eigenvalue weighted by Gasteiger charge is -2.33. The number of amides is 1. The van der Waals surface area contributed by atoms with Crippen molar-refractivity contribution in [1.29, 1.82) is 0 Å². The summed E-state index contributed by atoms with van der Waals surface area (Å²) in [4.78, 5) is 18.4. The third-order valence-corrected chi connectivity index (χ3v) is 3.33. The first-order valence-electron chi connectivity index (χ1n) is 6.17. The van der Waals surface area contributed by atoms with E-state index in [1.807, 2.05) is 24.1 Å². The van der Waals surface area contributed by atoms with Crippen molar-refractivity contribution in [3.8, 4) is 0 Å². The molecule has 0 bridgehead atoms. The van der Waals surface area contributed by atoms with Crippen molar-refractivity contribution in [2.24, 2.45) is 0 Å². The average molecular weight is 233 g/mol. The Hall–Kier alpha value is -1.58. The summed E-state index contributed by atoms with van der Waals surface area (Å²) in [5.41, 5.74) is 1.46. The van der Waals surface area contributed by atoms with Gasteiger partial charge < -0.3 is 10.2 Å². The molecule has 1 aliphatic heterocycles. The van der Waals surface area contributed by atoms with Gasteiger partial charge in [0.25, 0.3) is 5.91 Å². The molecule has 1 atom stereocenters. The van der Waals surface area contributed by atoms with Gasteiger partial charge in [-0.25, -0.2) is 0 Å². The Kier molecular flexibility index (Phi) is 3.61. The molecule has 1 amide bonds. The molecule has 4 nitrogen and oxygen atoms in total. The van der Waals surface area contributed by atoms with Crippen LogP contribution in [-0.2, 0) is 0 Å². The molecule has 1 N–H and O–H groups in total. The fourth-order valence-corrected chi connectivity index (χ4v) is 2.25. The highest BCUT2D eigenvalue weighted by Crippen LogP contribution is 2.19. The molecule has 17 heavy (non-hydrogen) atoms. The highest BCUT2D eigenvalue weighted by Gasteiger charge is 2.24. The Bertz CT molecular complexity index is 405. The maximum Gasteiger partial charge on any atom is 0.272 e. The van der Waals surface area contributed by atoms with Crippen LogP contribution in [0.4, 0.5) is 5.69 Å². The molecule has 2 rings (SSSR count). The van der Waals surface area contributed by atoms with Gasteiger partial charge in [0.15, 0.2) is 0 Å². The summed E-state index contributed by atoms with van der Waals surface area (Å²) >= 11 is 0. The Labute approximate surface area is 102 Å². The number of carbonyl (C=O) groups excluding carboxylic acids is 1. The van der Waals surface area contributed by atoms with Crippen LogP contribution in [0.25, 0.3) is 0 Å². The quantitative estimate of drug-likeness (QED) is 0.851. The van der Waals surface area contributed by atoms with Gasteiger partial charge in [0.05, 0.1) is 0 Å². The summed E-state index contributed by atoms with van der Waals surface area (Å²) in [5.74, 6) is 0.0503. The van der Waals surface area contributed by atoms with Crippen LogP contribution in [0.15, 0.2) is 18.3 Å². The molecule has 2 heterocycles. The van der Waals surface area contributed by atoms with Crippen molar-refractivity contribution in [3.05, 3.63) is 24.0 Å². The molecule has 0 radical (unpaired) electrons. The maximum absolute atomic E-state index is 12.3. The van der Waals surface area contributed by atoms with Crippen LogP contribution in [0.3, 0.4) is 0 Å². The van der Waals surface area contributed by atoms with E-state index in [2.05, 4.69) is 17.2 Å². The summed E-state index contributed by atoms with van der Waals surface area (Å²) in [6.45, 7) is 2.96. The van der Waals surface area contributed by atoms with Crippen molar-refractivity contribution in [2.45, 2.75) is 32.2 Å². The van der Waals surface area contributed by atoms with Gasteiger partial charge in [0.2, 0.25) is 0 Å². The predicted octanol–water partition coefficient (Wildman–Crippen LogP) is 2.14.